The van der Waals surface area contributed by atoms with Gasteiger partial charge in [0.2, 0.25) is 5.91 Å². The van der Waals surface area contributed by atoms with Gasteiger partial charge < -0.3 is 16.0 Å². The molecule has 196 valence electrons. The van der Waals surface area contributed by atoms with Gasteiger partial charge in [-0.25, -0.2) is 0 Å². The van der Waals surface area contributed by atoms with E-state index in [9.17, 15) is 14.4 Å². The van der Waals surface area contributed by atoms with Gasteiger partial charge in [-0.1, -0.05) is 71.7 Å². The lowest BCUT2D eigenvalue weighted by Gasteiger charge is -2.13. The number of rotatable bonds is 9. The minimum absolute atomic E-state index is 0.0425. The zero-order chi connectivity index (χ0) is 27.6. The van der Waals surface area contributed by atoms with Crippen molar-refractivity contribution in [3.05, 3.63) is 130 Å². The number of halogens is 2. The molecule has 0 radical (unpaired) electrons. The third-order valence-electron chi connectivity index (χ3n) is 5.34. The summed E-state index contributed by atoms with van der Waals surface area (Å²) in [7, 11) is 0. The molecule has 9 heteroatoms. The smallest absolute Gasteiger partial charge is 0.272 e. The lowest BCUT2D eigenvalue weighted by Crippen LogP contribution is -2.30. The van der Waals surface area contributed by atoms with E-state index < -0.39 is 11.8 Å². The Morgan fingerprint density at radius 3 is 2.03 bits per heavy atom. The summed E-state index contributed by atoms with van der Waals surface area (Å²) in [5, 5.41) is 8.97. The van der Waals surface area contributed by atoms with Gasteiger partial charge in [-0.2, -0.15) is 0 Å². The SMILES string of the molecule is O=C(CSc1cccc(NC(=O)/C(=C\c2c(Cl)cccc2Cl)NC(=O)c2ccccc2)c1)Nc1ccccc1. The summed E-state index contributed by atoms with van der Waals surface area (Å²) < 4.78 is 0. The number of nitrogens with one attached hydrogen (secondary N) is 3. The van der Waals surface area contributed by atoms with Gasteiger partial charge in [-0.3, -0.25) is 14.4 Å². The molecule has 0 saturated carbocycles. The predicted molar refractivity (Wildman–Crippen MR) is 159 cm³/mol. The number of hydrogen-bond acceptors (Lipinski definition) is 4. The highest BCUT2D eigenvalue weighted by molar-refractivity contribution is 8.00. The number of carbonyl (C=O) groups excluding carboxylic acids is 3. The van der Waals surface area contributed by atoms with Gasteiger partial charge in [0.15, 0.2) is 0 Å². The monoisotopic (exact) mass is 575 g/mol. The number of thioether (sulfide) groups is 1. The van der Waals surface area contributed by atoms with E-state index in [1.807, 2.05) is 36.4 Å². The quantitative estimate of drug-likeness (QED) is 0.146. The van der Waals surface area contributed by atoms with Crippen LogP contribution in [0.15, 0.2) is 114 Å². The number of para-hydroxylation sites is 1. The third kappa shape index (κ3) is 8.22. The Balaban J connectivity index is 1.49. The molecule has 3 amide bonds. The first kappa shape index (κ1) is 28.0. The van der Waals surface area contributed by atoms with E-state index in [4.69, 9.17) is 23.2 Å². The van der Waals surface area contributed by atoms with Crippen LogP contribution in [0.2, 0.25) is 10.0 Å². The van der Waals surface area contributed by atoms with Gasteiger partial charge in [0.05, 0.1) is 5.75 Å². The van der Waals surface area contributed by atoms with Crippen molar-refractivity contribution in [2.75, 3.05) is 16.4 Å². The van der Waals surface area contributed by atoms with E-state index >= 15 is 0 Å². The van der Waals surface area contributed by atoms with Crippen molar-refractivity contribution in [1.82, 2.24) is 5.32 Å². The fourth-order valence-corrected chi connectivity index (χ4v) is 4.73. The summed E-state index contributed by atoms with van der Waals surface area (Å²) in [6.45, 7) is 0. The van der Waals surface area contributed by atoms with Gasteiger partial charge in [0, 0.05) is 37.4 Å². The van der Waals surface area contributed by atoms with E-state index in [0.29, 0.717) is 26.9 Å². The molecule has 0 aliphatic carbocycles. The number of anilines is 2. The average Bonchev–Trinajstić information content (AvgIpc) is 2.94. The zero-order valence-corrected chi connectivity index (χ0v) is 22.8. The van der Waals surface area contributed by atoms with Crippen molar-refractivity contribution >= 4 is 70.1 Å². The van der Waals surface area contributed by atoms with Crippen LogP contribution in [0.1, 0.15) is 15.9 Å². The standard InChI is InChI=1S/C30H23Cl2N3O3S/c31-25-15-8-16-26(32)24(25)18-27(35-29(37)20-9-3-1-4-10-20)30(38)34-22-13-7-14-23(17-22)39-19-28(36)33-21-11-5-2-6-12-21/h1-18H,19H2,(H,33,36)(H,34,38)(H,35,37)/b27-18+. The minimum Gasteiger partial charge on any atom is -0.325 e. The van der Waals surface area contributed by atoms with Gasteiger partial charge in [0.25, 0.3) is 11.8 Å². The maximum atomic E-state index is 13.3. The molecule has 4 aromatic carbocycles. The largest absolute Gasteiger partial charge is 0.325 e. The summed E-state index contributed by atoms with van der Waals surface area (Å²) in [4.78, 5) is 39.3. The van der Waals surface area contributed by atoms with Crippen molar-refractivity contribution < 1.29 is 14.4 Å². The Morgan fingerprint density at radius 1 is 0.718 bits per heavy atom. The lowest BCUT2D eigenvalue weighted by atomic mass is 10.1. The molecule has 0 heterocycles. The molecule has 0 aliphatic rings. The van der Waals surface area contributed by atoms with E-state index in [2.05, 4.69) is 16.0 Å². The minimum atomic E-state index is -0.570. The van der Waals surface area contributed by atoms with Gasteiger partial charge in [-0.15, -0.1) is 11.8 Å². The summed E-state index contributed by atoms with van der Waals surface area (Å²) in [5.41, 5.74) is 1.94. The first-order valence-electron chi connectivity index (χ1n) is 11.8. The molecule has 39 heavy (non-hydrogen) atoms. The molecule has 3 N–H and O–H groups in total. The Bertz CT molecular complexity index is 1490. The Morgan fingerprint density at radius 2 is 1.33 bits per heavy atom. The molecule has 0 atom stereocenters. The van der Waals surface area contributed by atoms with E-state index in [-0.39, 0.29) is 17.4 Å². The Kier molecular flexibility index (Phi) is 9.80. The summed E-state index contributed by atoms with van der Waals surface area (Å²) >= 11 is 14.0. The molecule has 0 aliphatic heterocycles. The van der Waals surface area contributed by atoms with Crippen LogP contribution in [0.4, 0.5) is 11.4 Å². The first-order valence-corrected chi connectivity index (χ1v) is 13.5. The normalized spacial score (nSPS) is 11.0. The number of carbonyl (C=O) groups is 3. The van der Waals surface area contributed by atoms with E-state index in [1.54, 1.807) is 66.7 Å². The van der Waals surface area contributed by atoms with Crippen LogP contribution in [-0.2, 0) is 9.59 Å². The van der Waals surface area contributed by atoms with Crippen LogP contribution in [0.3, 0.4) is 0 Å². The summed E-state index contributed by atoms with van der Waals surface area (Å²) in [6, 6.07) is 29.8. The van der Waals surface area contributed by atoms with Crippen LogP contribution < -0.4 is 16.0 Å². The van der Waals surface area contributed by atoms with Crippen LogP contribution in [0.25, 0.3) is 6.08 Å². The summed E-state index contributed by atoms with van der Waals surface area (Å²) in [6.07, 6.45) is 1.44. The van der Waals surface area contributed by atoms with Crippen LogP contribution in [0, 0.1) is 0 Å². The molecule has 0 fully saturated rings. The van der Waals surface area contributed by atoms with Gasteiger partial charge in [-0.05, 0) is 60.7 Å². The van der Waals surface area contributed by atoms with Crippen molar-refractivity contribution in [2.24, 2.45) is 0 Å². The maximum Gasteiger partial charge on any atom is 0.272 e. The molecule has 4 aromatic rings. The number of benzene rings is 4. The number of hydrogen-bond donors (Lipinski definition) is 3. The number of amides is 3. The highest BCUT2D eigenvalue weighted by Gasteiger charge is 2.17. The highest BCUT2D eigenvalue weighted by Crippen LogP contribution is 2.27. The van der Waals surface area contributed by atoms with Crippen LogP contribution in [0.5, 0.6) is 0 Å². The molecular weight excluding hydrogens is 553 g/mol. The average molecular weight is 577 g/mol. The fraction of sp³-hybridized carbons (Fsp3) is 0.0333. The second kappa shape index (κ2) is 13.7. The second-order valence-corrected chi connectivity index (χ2v) is 10.1. The van der Waals surface area contributed by atoms with Crippen molar-refractivity contribution in [2.45, 2.75) is 4.90 Å². The predicted octanol–water partition coefficient (Wildman–Crippen LogP) is 7.13. The highest BCUT2D eigenvalue weighted by atomic mass is 35.5. The Labute approximate surface area is 240 Å². The van der Waals surface area contributed by atoms with Gasteiger partial charge >= 0.3 is 0 Å². The van der Waals surface area contributed by atoms with Gasteiger partial charge in [0.1, 0.15) is 5.70 Å². The van der Waals surface area contributed by atoms with Crippen LogP contribution in [-0.4, -0.2) is 23.5 Å². The molecule has 0 saturated heterocycles. The first-order chi connectivity index (χ1) is 18.9. The van der Waals surface area contributed by atoms with Crippen LogP contribution >= 0.6 is 35.0 Å². The van der Waals surface area contributed by atoms with Crippen molar-refractivity contribution in [3.8, 4) is 0 Å². The topological polar surface area (TPSA) is 87.3 Å². The molecule has 6 nitrogen and oxygen atoms in total. The lowest BCUT2D eigenvalue weighted by molar-refractivity contribution is -0.114. The third-order valence-corrected chi connectivity index (χ3v) is 6.99. The molecule has 0 unspecified atom stereocenters. The van der Waals surface area contributed by atoms with Crippen molar-refractivity contribution in [3.63, 3.8) is 0 Å². The maximum absolute atomic E-state index is 13.3. The second-order valence-electron chi connectivity index (χ2n) is 8.20. The van der Waals surface area contributed by atoms with E-state index in [1.165, 1.54) is 17.8 Å². The Hall–Kier alpha value is -4.04. The molecular formula is C30H23Cl2N3O3S. The zero-order valence-electron chi connectivity index (χ0n) is 20.5. The van der Waals surface area contributed by atoms with Crippen molar-refractivity contribution in [1.29, 1.82) is 0 Å². The molecule has 0 aromatic heterocycles. The fourth-order valence-electron chi connectivity index (χ4n) is 3.46. The molecule has 0 bridgehead atoms. The summed E-state index contributed by atoms with van der Waals surface area (Å²) in [5.74, 6) is -0.991. The molecule has 0 spiro atoms. The molecule has 4 rings (SSSR count). The van der Waals surface area contributed by atoms with E-state index in [0.717, 1.165) is 10.6 Å².